The average Bonchev–Trinajstić information content (AvgIpc) is 2.29. The molecule has 1 atom stereocenters. The molecule has 0 saturated heterocycles. The number of hydrogen-bond donors (Lipinski definition) is 2. The van der Waals surface area contributed by atoms with Gasteiger partial charge in [-0.05, 0) is 27.2 Å². The smallest absolute Gasteiger partial charge is 0.236 e. The molecule has 0 aliphatic heterocycles. The van der Waals surface area contributed by atoms with Crippen LogP contribution in [-0.4, -0.2) is 51.5 Å². The number of rotatable bonds is 10. The minimum atomic E-state index is -0.187. The lowest BCUT2D eigenvalue weighted by molar-refractivity contribution is -0.122. The third-order valence-corrected chi connectivity index (χ3v) is 2.22. The Hall–Kier alpha value is -0.650. The molecule has 0 aromatic carbocycles. The van der Waals surface area contributed by atoms with Gasteiger partial charge in [-0.1, -0.05) is 0 Å². The third-order valence-electron chi connectivity index (χ3n) is 2.22. The summed E-state index contributed by atoms with van der Waals surface area (Å²) in [5, 5.41) is 5.96. The van der Waals surface area contributed by atoms with Gasteiger partial charge in [0.25, 0.3) is 0 Å². The van der Waals surface area contributed by atoms with Crippen LogP contribution in [0.15, 0.2) is 0 Å². The Morgan fingerprint density at radius 2 is 1.88 bits per heavy atom. The highest BCUT2D eigenvalue weighted by atomic mass is 16.5. The maximum atomic E-state index is 11.6. The van der Waals surface area contributed by atoms with Gasteiger partial charge in [-0.2, -0.15) is 0 Å². The number of carbonyl (C=O) groups is 1. The van der Waals surface area contributed by atoms with Crippen LogP contribution in [0.3, 0.4) is 0 Å². The van der Waals surface area contributed by atoms with Crippen LogP contribution >= 0.6 is 0 Å². The first-order valence-corrected chi connectivity index (χ1v) is 6.19. The zero-order valence-corrected chi connectivity index (χ0v) is 11.4. The van der Waals surface area contributed by atoms with Crippen molar-refractivity contribution in [1.82, 2.24) is 10.6 Å². The molecule has 0 fully saturated rings. The molecule has 0 spiro atoms. The van der Waals surface area contributed by atoms with E-state index in [-0.39, 0.29) is 18.1 Å². The van der Waals surface area contributed by atoms with E-state index >= 15 is 0 Å². The van der Waals surface area contributed by atoms with Crippen molar-refractivity contribution in [2.75, 3.05) is 33.4 Å². The minimum absolute atomic E-state index is 0.0191. The molecule has 0 bridgehead atoms. The van der Waals surface area contributed by atoms with Crippen LogP contribution in [0.25, 0.3) is 0 Å². The molecule has 0 heterocycles. The number of nitrogens with one attached hydrogen (secondary N) is 2. The lowest BCUT2D eigenvalue weighted by Crippen LogP contribution is -2.43. The van der Waals surface area contributed by atoms with Crippen LogP contribution in [0, 0.1) is 0 Å². The van der Waals surface area contributed by atoms with E-state index in [1.54, 1.807) is 7.11 Å². The van der Waals surface area contributed by atoms with Crippen LogP contribution in [0.4, 0.5) is 0 Å². The molecule has 5 nitrogen and oxygen atoms in total. The zero-order valence-electron chi connectivity index (χ0n) is 11.4. The molecule has 0 radical (unpaired) electrons. The highest BCUT2D eigenvalue weighted by molar-refractivity contribution is 5.81. The first-order valence-electron chi connectivity index (χ1n) is 6.19. The Labute approximate surface area is 104 Å². The van der Waals surface area contributed by atoms with Crippen molar-refractivity contribution in [2.45, 2.75) is 39.3 Å². The number of ether oxygens (including phenoxy) is 2. The van der Waals surface area contributed by atoms with Crippen molar-refractivity contribution < 1.29 is 14.3 Å². The fraction of sp³-hybridized carbons (Fsp3) is 0.917. The monoisotopic (exact) mass is 246 g/mol. The van der Waals surface area contributed by atoms with E-state index in [9.17, 15) is 4.79 Å². The topological polar surface area (TPSA) is 59.6 Å². The van der Waals surface area contributed by atoms with Gasteiger partial charge >= 0.3 is 0 Å². The minimum Gasteiger partial charge on any atom is -0.385 e. The molecule has 2 N–H and O–H groups in total. The molecule has 0 rings (SSSR count). The summed E-state index contributed by atoms with van der Waals surface area (Å²) in [6.45, 7) is 8.47. The first-order chi connectivity index (χ1) is 8.07. The van der Waals surface area contributed by atoms with Crippen LogP contribution in [-0.2, 0) is 14.3 Å². The predicted molar refractivity (Wildman–Crippen MR) is 68.1 cm³/mol. The highest BCUT2D eigenvalue weighted by Crippen LogP contribution is 1.87. The Balaban J connectivity index is 3.47. The number of methoxy groups -OCH3 is 1. The molecule has 0 aliphatic carbocycles. The van der Waals surface area contributed by atoms with E-state index in [1.807, 2.05) is 20.8 Å². The van der Waals surface area contributed by atoms with E-state index in [4.69, 9.17) is 9.47 Å². The van der Waals surface area contributed by atoms with Crippen LogP contribution < -0.4 is 10.6 Å². The highest BCUT2D eigenvalue weighted by Gasteiger charge is 2.10. The molecular weight excluding hydrogens is 220 g/mol. The number of hydrogen-bond acceptors (Lipinski definition) is 4. The average molecular weight is 246 g/mol. The normalized spacial score (nSPS) is 12.8. The van der Waals surface area contributed by atoms with E-state index in [2.05, 4.69) is 10.6 Å². The Bertz CT molecular complexity index is 198. The summed E-state index contributed by atoms with van der Waals surface area (Å²) in [5.41, 5.74) is 0. The maximum absolute atomic E-state index is 11.6. The second kappa shape index (κ2) is 10.5. The van der Waals surface area contributed by atoms with Gasteiger partial charge < -0.3 is 20.1 Å². The quantitative estimate of drug-likeness (QED) is 0.552. The first kappa shape index (κ1) is 16.4. The molecular formula is C12H26N2O3. The predicted octanol–water partition coefficient (Wildman–Crippen LogP) is 0.542. The van der Waals surface area contributed by atoms with Crippen molar-refractivity contribution in [2.24, 2.45) is 0 Å². The summed E-state index contributed by atoms with van der Waals surface area (Å²) in [4.78, 5) is 11.6. The fourth-order valence-electron chi connectivity index (χ4n) is 1.24. The molecule has 0 aromatic rings. The SMILES string of the molecule is COCCCNC(=O)C(C)NCCOC(C)C. The summed E-state index contributed by atoms with van der Waals surface area (Å²) in [7, 11) is 1.65. The molecule has 17 heavy (non-hydrogen) atoms. The second-order valence-corrected chi connectivity index (χ2v) is 4.23. The fourth-order valence-corrected chi connectivity index (χ4v) is 1.24. The van der Waals surface area contributed by atoms with E-state index in [0.717, 1.165) is 6.42 Å². The van der Waals surface area contributed by atoms with Crippen molar-refractivity contribution in [3.8, 4) is 0 Å². The summed E-state index contributed by atoms with van der Waals surface area (Å²) in [6, 6.07) is -0.187. The summed E-state index contributed by atoms with van der Waals surface area (Å²) >= 11 is 0. The summed E-state index contributed by atoms with van der Waals surface area (Å²) < 4.78 is 10.3. The molecule has 102 valence electrons. The molecule has 0 aromatic heterocycles. The van der Waals surface area contributed by atoms with Gasteiger partial charge in [-0.3, -0.25) is 4.79 Å². The summed E-state index contributed by atoms with van der Waals surface area (Å²) in [6.07, 6.45) is 1.07. The van der Waals surface area contributed by atoms with Gasteiger partial charge in [0.15, 0.2) is 0 Å². The van der Waals surface area contributed by atoms with Crippen molar-refractivity contribution in [3.05, 3.63) is 0 Å². The lowest BCUT2D eigenvalue weighted by atomic mass is 10.3. The zero-order chi connectivity index (χ0) is 13.1. The lowest BCUT2D eigenvalue weighted by Gasteiger charge is -2.14. The standard InChI is InChI=1S/C12H26N2O3/c1-10(2)17-9-7-13-11(3)12(15)14-6-5-8-16-4/h10-11,13H,5-9H2,1-4H3,(H,14,15). The largest absolute Gasteiger partial charge is 0.385 e. The van der Waals surface area contributed by atoms with Crippen molar-refractivity contribution in [1.29, 1.82) is 0 Å². The molecule has 1 amide bonds. The van der Waals surface area contributed by atoms with Gasteiger partial charge in [0, 0.05) is 26.8 Å². The molecule has 0 saturated carbocycles. The number of amides is 1. The van der Waals surface area contributed by atoms with E-state index in [0.29, 0.717) is 26.3 Å². The third kappa shape index (κ3) is 10.2. The Morgan fingerprint density at radius 1 is 1.18 bits per heavy atom. The molecule has 1 unspecified atom stereocenters. The Morgan fingerprint density at radius 3 is 2.47 bits per heavy atom. The Kier molecular flexibility index (Phi) is 10.1. The van der Waals surface area contributed by atoms with Gasteiger partial charge in [-0.25, -0.2) is 0 Å². The van der Waals surface area contributed by atoms with E-state index in [1.165, 1.54) is 0 Å². The van der Waals surface area contributed by atoms with Crippen LogP contribution in [0.2, 0.25) is 0 Å². The van der Waals surface area contributed by atoms with E-state index < -0.39 is 0 Å². The number of carbonyl (C=O) groups excluding carboxylic acids is 1. The van der Waals surface area contributed by atoms with Gasteiger partial charge in [-0.15, -0.1) is 0 Å². The second-order valence-electron chi connectivity index (χ2n) is 4.23. The molecule has 0 aliphatic rings. The van der Waals surface area contributed by atoms with Gasteiger partial charge in [0.2, 0.25) is 5.91 Å². The van der Waals surface area contributed by atoms with Crippen molar-refractivity contribution >= 4 is 5.91 Å². The van der Waals surface area contributed by atoms with Gasteiger partial charge in [0.05, 0.1) is 18.8 Å². The maximum Gasteiger partial charge on any atom is 0.236 e. The van der Waals surface area contributed by atoms with Crippen molar-refractivity contribution in [3.63, 3.8) is 0 Å². The molecule has 5 heteroatoms. The van der Waals surface area contributed by atoms with Gasteiger partial charge in [0.1, 0.15) is 0 Å². The van der Waals surface area contributed by atoms with Crippen LogP contribution in [0.1, 0.15) is 27.2 Å². The van der Waals surface area contributed by atoms with Crippen LogP contribution in [0.5, 0.6) is 0 Å². The summed E-state index contributed by atoms with van der Waals surface area (Å²) in [5.74, 6) is 0.0191.